The molecule has 0 saturated heterocycles. The van der Waals surface area contributed by atoms with Gasteiger partial charge in [0.25, 0.3) is 0 Å². The minimum atomic E-state index is -0.216. The molecule has 2 heterocycles. The van der Waals surface area contributed by atoms with E-state index in [0.717, 1.165) is 26.9 Å². The normalized spacial score (nSPS) is 12.2. The van der Waals surface area contributed by atoms with Crippen molar-refractivity contribution in [1.82, 2.24) is 0 Å². The molecule has 0 radical (unpaired) electrons. The Labute approximate surface area is 126 Å². The third kappa shape index (κ3) is 3.28. The fourth-order valence-electron chi connectivity index (χ4n) is 2.02. The van der Waals surface area contributed by atoms with Gasteiger partial charge in [0.2, 0.25) is 6.79 Å². The number of carbonyl (C=O) groups is 1. The molecule has 21 heavy (non-hydrogen) atoms. The van der Waals surface area contributed by atoms with Crippen molar-refractivity contribution >= 4 is 23.0 Å². The highest BCUT2D eigenvalue weighted by Crippen LogP contribution is 2.34. The van der Waals surface area contributed by atoms with Crippen LogP contribution < -0.4 is 14.8 Å². The zero-order valence-corrected chi connectivity index (χ0v) is 12.4. The second kappa shape index (κ2) is 6.05. The van der Waals surface area contributed by atoms with Gasteiger partial charge in [-0.2, -0.15) is 0 Å². The van der Waals surface area contributed by atoms with Gasteiger partial charge in [-0.1, -0.05) is 0 Å². The molecule has 0 fully saturated rings. The number of carbonyl (C=O) groups excluding carboxylic acids is 1. The van der Waals surface area contributed by atoms with Crippen molar-refractivity contribution in [2.24, 2.45) is 0 Å². The van der Waals surface area contributed by atoms with E-state index < -0.39 is 0 Å². The number of esters is 1. The molecule has 0 bridgehead atoms. The summed E-state index contributed by atoms with van der Waals surface area (Å²) in [6, 6.07) is 9.74. The average molecular weight is 305 g/mol. The van der Waals surface area contributed by atoms with Gasteiger partial charge in [0.1, 0.15) is 0 Å². The number of hydrogen-bond acceptors (Lipinski definition) is 6. The third-order valence-electron chi connectivity index (χ3n) is 3.10. The largest absolute Gasteiger partial charge is 0.469 e. The second-order valence-electron chi connectivity index (χ2n) is 4.54. The minimum Gasteiger partial charge on any atom is -0.469 e. The van der Waals surface area contributed by atoms with Crippen molar-refractivity contribution in [3.05, 3.63) is 40.1 Å². The van der Waals surface area contributed by atoms with E-state index in [1.165, 1.54) is 7.11 Å². The van der Waals surface area contributed by atoms with Crippen LogP contribution in [0.2, 0.25) is 0 Å². The van der Waals surface area contributed by atoms with Crippen molar-refractivity contribution in [2.75, 3.05) is 19.2 Å². The van der Waals surface area contributed by atoms with E-state index in [9.17, 15) is 4.79 Å². The Bertz CT molecular complexity index is 653. The van der Waals surface area contributed by atoms with Gasteiger partial charge < -0.3 is 19.5 Å². The smallest absolute Gasteiger partial charge is 0.310 e. The van der Waals surface area contributed by atoms with Crippen LogP contribution in [0, 0.1) is 0 Å². The number of nitrogens with one attached hydrogen (secondary N) is 1. The Morgan fingerprint density at radius 1 is 1.24 bits per heavy atom. The third-order valence-corrected chi connectivity index (χ3v) is 4.19. The highest BCUT2D eigenvalue weighted by Gasteiger charge is 2.13. The standard InChI is InChI=1S/C15H15NO4S/c1-18-15(17)7-11-3-4-12(21-11)8-16-10-2-5-13-14(6-10)20-9-19-13/h2-6,16H,7-9H2,1H3. The first kappa shape index (κ1) is 13.8. The highest BCUT2D eigenvalue weighted by atomic mass is 32.1. The summed E-state index contributed by atoms with van der Waals surface area (Å²) >= 11 is 1.60. The predicted octanol–water partition coefficient (Wildman–Crippen LogP) is 2.80. The van der Waals surface area contributed by atoms with E-state index in [1.807, 2.05) is 30.3 Å². The molecule has 3 rings (SSSR count). The van der Waals surface area contributed by atoms with E-state index in [4.69, 9.17) is 9.47 Å². The Balaban J connectivity index is 1.59. The van der Waals surface area contributed by atoms with Gasteiger partial charge >= 0.3 is 5.97 Å². The molecule has 1 aromatic carbocycles. The van der Waals surface area contributed by atoms with Crippen molar-refractivity contribution in [3.63, 3.8) is 0 Å². The van der Waals surface area contributed by atoms with Gasteiger partial charge in [0.15, 0.2) is 11.5 Å². The van der Waals surface area contributed by atoms with Gasteiger partial charge in [-0.05, 0) is 24.3 Å². The number of ether oxygens (including phenoxy) is 3. The summed E-state index contributed by atoms with van der Waals surface area (Å²) in [7, 11) is 1.40. The lowest BCUT2D eigenvalue weighted by Crippen LogP contribution is -2.02. The van der Waals surface area contributed by atoms with Crippen LogP contribution in [0.3, 0.4) is 0 Å². The fourth-order valence-corrected chi connectivity index (χ4v) is 2.97. The monoisotopic (exact) mass is 305 g/mol. The van der Waals surface area contributed by atoms with Crippen molar-refractivity contribution < 1.29 is 19.0 Å². The van der Waals surface area contributed by atoms with Crippen LogP contribution >= 0.6 is 11.3 Å². The topological polar surface area (TPSA) is 56.8 Å². The Morgan fingerprint density at radius 2 is 2.05 bits per heavy atom. The molecular formula is C15H15NO4S. The van der Waals surface area contributed by atoms with Crippen LogP contribution in [-0.4, -0.2) is 19.9 Å². The van der Waals surface area contributed by atoms with Crippen LogP contribution in [0.4, 0.5) is 5.69 Å². The first-order chi connectivity index (χ1) is 10.2. The molecule has 2 aromatic rings. The van der Waals surface area contributed by atoms with E-state index >= 15 is 0 Å². The van der Waals surface area contributed by atoms with Crippen molar-refractivity contribution in [3.8, 4) is 11.5 Å². The lowest BCUT2D eigenvalue weighted by atomic mass is 10.2. The number of rotatable bonds is 5. The van der Waals surface area contributed by atoms with Crippen LogP contribution in [0.1, 0.15) is 9.75 Å². The molecule has 0 atom stereocenters. The summed E-state index contributed by atoms with van der Waals surface area (Å²) < 4.78 is 15.3. The quantitative estimate of drug-likeness (QED) is 0.861. The zero-order chi connectivity index (χ0) is 14.7. The van der Waals surface area contributed by atoms with Crippen LogP contribution in [0.25, 0.3) is 0 Å². The summed E-state index contributed by atoms with van der Waals surface area (Å²) in [5.74, 6) is 1.32. The number of hydrogen-bond donors (Lipinski definition) is 1. The first-order valence-corrected chi connectivity index (χ1v) is 7.34. The van der Waals surface area contributed by atoms with Crippen LogP contribution in [0.5, 0.6) is 11.5 Å². The van der Waals surface area contributed by atoms with E-state index in [2.05, 4.69) is 10.1 Å². The minimum absolute atomic E-state index is 0.216. The van der Waals surface area contributed by atoms with E-state index in [0.29, 0.717) is 13.0 Å². The molecule has 0 spiro atoms. The maximum Gasteiger partial charge on any atom is 0.310 e. The number of fused-ring (bicyclic) bond motifs is 1. The average Bonchev–Trinajstić information content (AvgIpc) is 3.13. The van der Waals surface area contributed by atoms with Gasteiger partial charge in [-0.25, -0.2) is 0 Å². The van der Waals surface area contributed by atoms with Crippen molar-refractivity contribution in [2.45, 2.75) is 13.0 Å². The lowest BCUT2D eigenvalue weighted by molar-refractivity contribution is -0.139. The highest BCUT2D eigenvalue weighted by molar-refractivity contribution is 7.12. The van der Waals surface area contributed by atoms with Gasteiger partial charge in [0.05, 0.1) is 13.5 Å². The molecule has 1 N–H and O–H groups in total. The Hall–Kier alpha value is -2.21. The zero-order valence-electron chi connectivity index (χ0n) is 11.5. The van der Waals surface area contributed by atoms with Crippen LogP contribution in [-0.2, 0) is 22.5 Å². The maximum absolute atomic E-state index is 11.2. The predicted molar refractivity (Wildman–Crippen MR) is 79.9 cm³/mol. The number of benzene rings is 1. The SMILES string of the molecule is COC(=O)Cc1ccc(CNc2ccc3c(c2)OCO3)s1. The molecule has 0 amide bonds. The molecule has 5 nitrogen and oxygen atoms in total. The van der Waals surface area contributed by atoms with Crippen LogP contribution in [0.15, 0.2) is 30.3 Å². The molecule has 0 aliphatic carbocycles. The molecular weight excluding hydrogens is 290 g/mol. The van der Waals surface area contributed by atoms with Gasteiger partial charge in [-0.15, -0.1) is 11.3 Å². The molecule has 1 aromatic heterocycles. The second-order valence-corrected chi connectivity index (χ2v) is 5.80. The molecule has 0 saturated carbocycles. The number of thiophene rings is 1. The van der Waals surface area contributed by atoms with E-state index in [-0.39, 0.29) is 12.8 Å². The summed E-state index contributed by atoms with van der Waals surface area (Å²) in [6.45, 7) is 0.978. The lowest BCUT2D eigenvalue weighted by Gasteiger charge is -2.05. The molecule has 0 unspecified atom stereocenters. The summed E-state index contributed by atoms with van der Waals surface area (Å²) in [6.07, 6.45) is 0.325. The number of methoxy groups -OCH3 is 1. The summed E-state index contributed by atoms with van der Waals surface area (Å²) in [5, 5.41) is 3.33. The molecule has 110 valence electrons. The van der Waals surface area contributed by atoms with Crippen molar-refractivity contribution in [1.29, 1.82) is 0 Å². The summed E-state index contributed by atoms with van der Waals surface area (Å²) in [5.41, 5.74) is 0.974. The Morgan fingerprint density at radius 3 is 2.90 bits per heavy atom. The molecule has 1 aliphatic rings. The van der Waals surface area contributed by atoms with Gasteiger partial charge in [0, 0.05) is 28.1 Å². The first-order valence-electron chi connectivity index (χ1n) is 6.52. The van der Waals surface area contributed by atoms with E-state index in [1.54, 1.807) is 11.3 Å². The Kier molecular flexibility index (Phi) is 3.96. The molecule has 1 aliphatic heterocycles. The fraction of sp³-hybridized carbons (Fsp3) is 0.267. The number of anilines is 1. The molecule has 6 heteroatoms. The maximum atomic E-state index is 11.2. The summed E-state index contributed by atoms with van der Waals surface area (Å²) in [4.78, 5) is 13.4. The van der Waals surface area contributed by atoms with Gasteiger partial charge in [-0.3, -0.25) is 4.79 Å².